The molecule has 0 bridgehead atoms. The summed E-state index contributed by atoms with van der Waals surface area (Å²) >= 11 is 0. The zero-order chi connectivity index (χ0) is 11.7. The first-order chi connectivity index (χ1) is 7.58. The van der Waals surface area contributed by atoms with Crippen LogP contribution >= 0.6 is 0 Å². The minimum atomic E-state index is -0.347. The number of rotatable bonds is 1. The molecule has 0 spiro atoms. The second kappa shape index (κ2) is 4.05. The van der Waals surface area contributed by atoms with Crippen molar-refractivity contribution < 1.29 is 8.78 Å². The highest BCUT2D eigenvalue weighted by atomic mass is 19.1. The van der Waals surface area contributed by atoms with Gasteiger partial charge in [-0.25, -0.2) is 8.78 Å². The number of hydrogen-bond donors (Lipinski definition) is 0. The summed E-state index contributed by atoms with van der Waals surface area (Å²) in [4.78, 5) is 0. The van der Waals surface area contributed by atoms with E-state index in [9.17, 15) is 8.78 Å². The molecule has 0 unspecified atom stereocenters. The SMILES string of the molecule is Cc1ccc(-c2cc(F)ccc2C)c(F)c1. The molecule has 0 fully saturated rings. The van der Waals surface area contributed by atoms with Crippen molar-refractivity contribution in [1.82, 2.24) is 0 Å². The molecule has 0 amide bonds. The van der Waals surface area contributed by atoms with E-state index in [0.717, 1.165) is 11.1 Å². The maximum atomic E-state index is 13.7. The molecule has 0 aromatic heterocycles. The molecular formula is C14H12F2. The Labute approximate surface area is 93.5 Å². The van der Waals surface area contributed by atoms with E-state index in [-0.39, 0.29) is 11.6 Å². The van der Waals surface area contributed by atoms with Crippen LogP contribution in [-0.4, -0.2) is 0 Å². The summed E-state index contributed by atoms with van der Waals surface area (Å²) in [7, 11) is 0. The molecule has 82 valence electrons. The summed E-state index contributed by atoms with van der Waals surface area (Å²) in [6.45, 7) is 3.67. The van der Waals surface area contributed by atoms with Crippen LogP contribution in [0.3, 0.4) is 0 Å². The number of hydrogen-bond acceptors (Lipinski definition) is 0. The summed E-state index contributed by atoms with van der Waals surface area (Å²) in [5.74, 6) is -0.658. The van der Waals surface area contributed by atoms with E-state index in [1.54, 1.807) is 12.1 Å². The molecule has 16 heavy (non-hydrogen) atoms. The summed E-state index contributed by atoms with van der Waals surface area (Å²) < 4.78 is 26.8. The van der Waals surface area contributed by atoms with Crippen molar-refractivity contribution in [2.45, 2.75) is 13.8 Å². The quantitative estimate of drug-likeness (QED) is 0.671. The highest BCUT2D eigenvalue weighted by Gasteiger charge is 2.08. The minimum Gasteiger partial charge on any atom is -0.207 e. The zero-order valence-corrected chi connectivity index (χ0v) is 9.22. The Hall–Kier alpha value is -1.70. The molecule has 0 saturated heterocycles. The predicted molar refractivity (Wildman–Crippen MR) is 61.3 cm³/mol. The normalized spacial score (nSPS) is 10.5. The fourth-order valence-electron chi connectivity index (χ4n) is 1.72. The van der Waals surface area contributed by atoms with Crippen LogP contribution in [0.5, 0.6) is 0 Å². The van der Waals surface area contributed by atoms with Crippen molar-refractivity contribution in [3.8, 4) is 11.1 Å². The Morgan fingerprint density at radius 3 is 2.25 bits per heavy atom. The van der Waals surface area contributed by atoms with Crippen LogP contribution in [0.25, 0.3) is 11.1 Å². The zero-order valence-electron chi connectivity index (χ0n) is 9.22. The van der Waals surface area contributed by atoms with Gasteiger partial charge in [0.05, 0.1) is 0 Å². The van der Waals surface area contributed by atoms with Gasteiger partial charge in [-0.15, -0.1) is 0 Å². The Morgan fingerprint density at radius 1 is 0.812 bits per heavy atom. The van der Waals surface area contributed by atoms with Gasteiger partial charge in [0, 0.05) is 5.56 Å². The average Bonchev–Trinajstić information content (AvgIpc) is 2.22. The third kappa shape index (κ3) is 1.96. The molecule has 2 rings (SSSR count). The Morgan fingerprint density at radius 2 is 1.56 bits per heavy atom. The molecule has 0 atom stereocenters. The van der Waals surface area contributed by atoms with E-state index < -0.39 is 0 Å². The summed E-state index contributed by atoms with van der Waals surface area (Å²) in [6.07, 6.45) is 0. The van der Waals surface area contributed by atoms with Crippen LogP contribution in [0.4, 0.5) is 8.78 Å². The van der Waals surface area contributed by atoms with Gasteiger partial charge in [0.2, 0.25) is 0 Å². The number of aryl methyl sites for hydroxylation is 2. The van der Waals surface area contributed by atoms with Crippen LogP contribution in [0, 0.1) is 25.5 Å². The second-order valence-corrected chi connectivity index (χ2v) is 3.94. The Kier molecular flexibility index (Phi) is 2.73. The van der Waals surface area contributed by atoms with E-state index in [1.165, 1.54) is 18.2 Å². The molecular weight excluding hydrogens is 206 g/mol. The fraction of sp³-hybridized carbons (Fsp3) is 0.143. The maximum Gasteiger partial charge on any atom is 0.131 e. The predicted octanol–water partition coefficient (Wildman–Crippen LogP) is 4.25. The van der Waals surface area contributed by atoms with Gasteiger partial charge >= 0.3 is 0 Å². The van der Waals surface area contributed by atoms with Crippen LogP contribution in [0.2, 0.25) is 0 Å². The van der Waals surface area contributed by atoms with Crippen molar-refractivity contribution in [1.29, 1.82) is 0 Å². The molecule has 0 radical (unpaired) electrons. The number of halogens is 2. The third-order valence-electron chi connectivity index (χ3n) is 2.61. The molecule has 2 heteroatoms. The van der Waals surface area contributed by atoms with Gasteiger partial charge in [0.1, 0.15) is 11.6 Å². The monoisotopic (exact) mass is 218 g/mol. The lowest BCUT2D eigenvalue weighted by Crippen LogP contribution is -1.90. The van der Waals surface area contributed by atoms with E-state index in [4.69, 9.17) is 0 Å². The summed E-state index contributed by atoms with van der Waals surface area (Å²) in [5, 5.41) is 0. The largest absolute Gasteiger partial charge is 0.207 e. The fourth-order valence-corrected chi connectivity index (χ4v) is 1.72. The Balaban J connectivity index is 2.62. The van der Waals surface area contributed by atoms with Gasteiger partial charge in [-0.2, -0.15) is 0 Å². The van der Waals surface area contributed by atoms with E-state index >= 15 is 0 Å². The van der Waals surface area contributed by atoms with Crippen LogP contribution in [0.1, 0.15) is 11.1 Å². The van der Waals surface area contributed by atoms with E-state index in [0.29, 0.717) is 11.1 Å². The lowest BCUT2D eigenvalue weighted by atomic mass is 9.99. The smallest absolute Gasteiger partial charge is 0.131 e. The molecule has 0 aliphatic rings. The summed E-state index contributed by atoms with van der Waals surface area (Å²) in [5.41, 5.74) is 2.78. The molecule has 0 N–H and O–H groups in total. The molecule has 0 heterocycles. The maximum absolute atomic E-state index is 13.7. The van der Waals surface area contributed by atoms with Gasteiger partial charge in [-0.1, -0.05) is 18.2 Å². The first kappa shape index (κ1) is 10.8. The van der Waals surface area contributed by atoms with Crippen LogP contribution in [0.15, 0.2) is 36.4 Å². The highest BCUT2D eigenvalue weighted by Crippen LogP contribution is 2.27. The standard InChI is InChI=1S/C14H12F2/c1-9-3-6-12(14(16)7-9)13-8-11(15)5-4-10(13)2/h3-8H,1-2H3. The van der Waals surface area contributed by atoms with Crippen LogP contribution in [-0.2, 0) is 0 Å². The molecule has 2 aromatic carbocycles. The molecule has 0 nitrogen and oxygen atoms in total. The molecule has 2 aromatic rings. The van der Waals surface area contributed by atoms with E-state index in [1.807, 2.05) is 19.9 Å². The van der Waals surface area contributed by atoms with Crippen molar-refractivity contribution >= 4 is 0 Å². The Bertz CT molecular complexity index is 530. The first-order valence-corrected chi connectivity index (χ1v) is 5.10. The minimum absolute atomic E-state index is 0.311. The topological polar surface area (TPSA) is 0 Å². The highest BCUT2D eigenvalue weighted by molar-refractivity contribution is 5.68. The van der Waals surface area contributed by atoms with Gasteiger partial charge in [-0.3, -0.25) is 0 Å². The molecule has 0 saturated carbocycles. The van der Waals surface area contributed by atoms with Crippen molar-refractivity contribution in [2.24, 2.45) is 0 Å². The van der Waals surface area contributed by atoms with Gasteiger partial charge < -0.3 is 0 Å². The lowest BCUT2D eigenvalue weighted by Gasteiger charge is -2.08. The van der Waals surface area contributed by atoms with Gasteiger partial charge in [0.15, 0.2) is 0 Å². The van der Waals surface area contributed by atoms with Gasteiger partial charge in [-0.05, 0) is 48.7 Å². The molecule has 0 aliphatic carbocycles. The third-order valence-corrected chi connectivity index (χ3v) is 2.61. The summed E-state index contributed by atoms with van der Waals surface area (Å²) in [6, 6.07) is 9.37. The number of benzene rings is 2. The van der Waals surface area contributed by atoms with Crippen molar-refractivity contribution in [3.05, 3.63) is 59.2 Å². The molecule has 0 aliphatic heterocycles. The van der Waals surface area contributed by atoms with Crippen molar-refractivity contribution in [3.63, 3.8) is 0 Å². The average molecular weight is 218 g/mol. The second-order valence-electron chi connectivity index (χ2n) is 3.94. The first-order valence-electron chi connectivity index (χ1n) is 5.10. The van der Waals surface area contributed by atoms with Crippen molar-refractivity contribution in [2.75, 3.05) is 0 Å². The lowest BCUT2D eigenvalue weighted by molar-refractivity contribution is 0.623. The van der Waals surface area contributed by atoms with Gasteiger partial charge in [0.25, 0.3) is 0 Å². The van der Waals surface area contributed by atoms with Crippen LogP contribution < -0.4 is 0 Å². The van der Waals surface area contributed by atoms with E-state index in [2.05, 4.69) is 0 Å².